The molecular formula is C18H34N4O6. The number of carboxylic acid groups (broad SMARTS) is 1. The second-order valence-corrected chi connectivity index (χ2v) is 7.96. The highest BCUT2D eigenvalue weighted by Crippen LogP contribution is 2.30. The number of carbonyl (C=O) groups is 4. The third kappa shape index (κ3) is 5.34. The predicted molar refractivity (Wildman–Crippen MR) is 103 cm³/mol. The Hall–Kier alpha value is -1.88. The summed E-state index contributed by atoms with van der Waals surface area (Å²) in [6, 6.07) is -4.18. The van der Waals surface area contributed by atoms with Gasteiger partial charge in [-0.2, -0.15) is 0 Å². The van der Waals surface area contributed by atoms with Crippen molar-refractivity contribution in [2.45, 2.75) is 77.7 Å². The highest BCUT2D eigenvalue weighted by molar-refractivity contribution is 6.17. The molecule has 10 nitrogen and oxygen atoms in total. The average molecular weight is 402 g/mol. The lowest BCUT2D eigenvalue weighted by Crippen LogP contribution is -2.72. The van der Waals surface area contributed by atoms with E-state index in [2.05, 4.69) is 0 Å². The van der Waals surface area contributed by atoms with Crippen molar-refractivity contribution >= 4 is 23.6 Å². The Morgan fingerprint density at radius 1 is 0.893 bits per heavy atom. The number of carbonyl (C=O) groups excluding carboxylic acids is 3. The fourth-order valence-electron chi connectivity index (χ4n) is 2.80. The lowest BCUT2D eigenvalue weighted by atomic mass is 9.77. The maximum atomic E-state index is 13.3. The van der Waals surface area contributed by atoms with Gasteiger partial charge in [0, 0.05) is 0 Å². The van der Waals surface area contributed by atoms with Crippen LogP contribution >= 0.6 is 0 Å². The smallest absolute Gasteiger partial charge is 0.338 e. The van der Waals surface area contributed by atoms with E-state index >= 15 is 0 Å². The van der Waals surface area contributed by atoms with Crippen LogP contribution in [0.1, 0.15) is 48.0 Å². The van der Waals surface area contributed by atoms with Crippen LogP contribution in [0.4, 0.5) is 0 Å². The van der Waals surface area contributed by atoms with Crippen LogP contribution in [0.3, 0.4) is 0 Å². The Balaban J connectivity index is 6.92. The number of nitrogens with zero attached hydrogens (tertiary/aromatic N) is 1. The second-order valence-electron chi connectivity index (χ2n) is 7.96. The fourth-order valence-corrected chi connectivity index (χ4v) is 2.80. The molecule has 0 aromatic rings. The number of aliphatic hydroxyl groups excluding tert-OH is 1. The minimum absolute atomic E-state index is 0.307. The molecule has 162 valence electrons. The minimum Gasteiger partial charge on any atom is -0.479 e. The third-order valence-electron chi connectivity index (χ3n) is 4.50. The van der Waals surface area contributed by atoms with Crippen molar-refractivity contribution in [2.24, 2.45) is 29.0 Å². The summed E-state index contributed by atoms with van der Waals surface area (Å²) in [4.78, 5) is 51.8. The summed E-state index contributed by atoms with van der Waals surface area (Å²) in [5, 5.41) is 19.8. The summed E-state index contributed by atoms with van der Waals surface area (Å²) >= 11 is 0. The number of amides is 2. The summed E-state index contributed by atoms with van der Waals surface area (Å²) in [5.74, 6) is -5.85. The molecule has 0 aliphatic rings. The van der Waals surface area contributed by atoms with E-state index in [0.29, 0.717) is 4.90 Å². The van der Waals surface area contributed by atoms with E-state index in [4.69, 9.17) is 17.2 Å². The molecule has 0 saturated heterocycles. The van der Waals surface area contributed by atoms with Gasteiger partial charge >= 0.3 is 5.97 Å². The molecule has 28 heavy (non-hydrogen) atoms. The molecule has 10 heteroatoms. The number of hydrogen-bond donors (Lipinski definition) is 5. The van der Waals surface area contributed by atoms with Crippen molar-refractivity contribution in [3.8, 4) is 0 Å². The van der Waals surface area contributed by atoms with Crippen LogP contribution in [-0.2, 0) is 19.2 Å². The number of aliphatic hydroxyl groups is 1. The average Bonchev–Trinajstić information content (AvgIpc) is 2.57. The number of hydrogen-bond acceptors (Lipinski definition) is 8. The van der Waals surface area contributed by atoms with Crippen LogP contribution in [0.2, 0.25) is 0 Å². The molecule has 0 rings (SSSR count). The Kier molecular flexibility index (Phi) is 9.38. The SMILES string of the molecule is CC(C)CC(C(=O)O)(C(=O)C(N)C(C)C)N(C(=O)C(C)N)C(=O)C(N)C(C)O. The van der Waals surface area contributed by atoms with Crippen molar-refractivity contribution in [3.05, 3.63) is 0 Å². The summed E-state index contributed by atoms with van der Waals surface area (Å²) in [6.07, 6.45) is -1.77. The largest absolute Gasteiger partial charge is 0.479 e. The van der Waals surface area contributed by atoms with Crippen LogP contribution in [-0.4, -0.2) is 68.4 Å². The van der Waals surface area contributed by atoms with Gasteiger partial charge in [-0.25, -0.2) is 4.79 Å². The van der Waals surface area contributed by atoms with E-state index in [1.54, 1.807) is 27.7 Å². The molecule has 2 amide bonds. The van der Waals surface area contributed by atoms with Gasteiger partial charge in [0.25, 0.3) is 0 Å². The van der Waals surface area contributed by atoms with Gasteiger partial charge in [-0.1, -0.05) is 27.7 Å². The first kappa shape index (κ1) is 26.1. The van der Waals surface area contributed by atoms with Gasteiger partial charge in [-0.3, -0.25) is 19.3 Å². The van der Waals surface area contributed by atoms with E-state index < -0.39 is 65.2 Å². The topological polar surface area (TPSA) is 190 Å². The molecule has 8 N–H and O–H groups in total. The molecule has 5 unspecified atom stereocenters. The van der Waals surface area contributed by atoms with E-state index in [1.807, 2.05) is 0 Å². The van der Waals surface area contributed by atoms with Crippen molar-refractivity contribution in [1.82, 2.24) is 4.90 Å². The minimum atomic E-state index is -2.59. The molecule has 0 bridgehead atoms. The summed E-state index contributed by atoms with van der Waals surface area (Å²) in [6.45, 7) is 8.98. The van der Waals surface area contributed by atoms with E-state index in [0.717, 1.165) is 0 Å². The van der Waals surface area contributed by atoms with Crippen molar-refractivity contribution in [1.29, 1.82) is 0 Å². The van der Waals surface area contributed by atoms with Gasteiger partial charge in [-0.05, 0) is 32.1 Å². The van der Waals surface area contributed by atoms with Crippen LogP contribution < -0.4 is 17.2 Å². The first-order valence-electron chi connectivity index (χ1n) is 9.23. The van der Waals surface area contributed by atoms with Gasteiger partial charge in [0.05, 0.1) is 18.2 Å². The molecule has 0 aromatic carbocycles. The Morgan fingerprint density at radius 2 is 1.36 bits per heavy atom. The summed E-state index contributed by atoms with van der Waals surface area (Å²) < 4.78 is 0. The molecule has 0 spiro atoms. The molecule has 0 saturated carbocycles. The van der Waals surface area contributed by atoms with E-state index in [1.165, 1.54) is 13.8 Å². The first-order valence-corrected chi connectivity index (χ1v) is 9.23. The number of imide groups is 1. The van der Waals surface area contributed by atoms with Gasteiger partial charge in [-0.15, -0.1) is 0 Å². The Bertz CT molecular complexity index is 605. The standard InChI is InChI=1S/C18H34N4O6/c1-8(2)7-18(17(27)28,14(24)12(20)9(3)4)22(15(25)10(5)19)16(26)13(21)11(6)23/h8-13,23H,7,19-21H2,1-6H3,(H,27,28). The zero-order chi connectivity index (χ0) is 22.6. The number of ketones is 1. The Morgan fingerprint density at radius 3 is 1.64 bits per heavy atom. The van der Waals surface area contributed by atoms with Crippen LogP contribution in [0.15, 0.2) is 0 Å². The van der Waals surface area contributed by atoms with Gasteiger partial charge in [0.15, 0.2) is 5.78 Å². The molecule has 5 atom stereocenters. The maximum absolute atomic E-state index is 13.3. The Labute approximate surface area is 165 Å². The number of carboxylic acids is 1. The molecule has 0 aromatic heterocycles. The van der Waals surface area contributed by atoms with Gasteiger partial charge in [0.1, 0.15) is 6.04 Å². The third-order valence-corrected chi connectivity index (χ3v) is 4.50. The van der Waals surface area contributed by atoms with Crippen LogP contribution in [0, 0.1) is 11.8 Å². The molecule has 0 aliphatic carbocycles. The van der Waals surface area contributed by atoms with Crippen LogP contribution in [0.25, 0.3) is 0 Å². The molecule has 0 radical (unpaired) electrons. The zero-order valence-electron chi connectivity index (χ0n) is 17.4. The second kappa shape index (κ2) is 10.1. The monoisotopic (exact) mass is 402 g/mol. The summed E-state index contributed by atoms with van der Waals surface area (Å²) in [5.41, 5.74) is 14.7. The lowest BCUT2D eigenvalue weighted by molar-refractivity contribution is -0.174. The van der Waals surface area contributed by atoms with Gasteiger partial charge < -0.3 is 27.4 Å². The summed E-state index contributed by atoms with van der Waals surface area (Å²) in [7, 11) is 0. The molecular weight excluding hydrogens is 368 g/mol. The van der Waals surface area contributed by atoms with E-state index in [9.17, 15) is 29.4 Å². The first-order chi connectivity index (χ1) is 12.6. The highest BCUT2D eigenvalue weighted by atomic mass is 16.4. The maximum Gasteiger partial charge on any atom is 0.338 e. The number of rotatable bonds is 10. The highest BCUT2D eigenvalue weighted by Gasteiger charge is 2.58. The number of Topliss-reactive ketones (excluding diaryl/α,β-unsaturated/α-hetero) is 1. The molecule has 0 fully saturated rings. The van der Waals surface area contributed by atoms with Crippen molar-refractivity contribution < 1.29 is 29.4 Å². The number of nitrogens with two attached hydrogens (primary N) is 3. The lowest BCUT2D eigenvalue weighted by Gasteiger charge is -2.42. The van der Waals surface area contributed by atoms with Gasteiger partial charge in [0.2, 0.25) is 17.4 Å². The van der Waals surface area contributed by atoms with Crippen LogP contribution in [0.5, 0.6) is 0 Å². The molecule has 0 aliphatic heterocycles. The van der Waals surface area contributed by atoms with E-state index in [-0.39, 0.29) is 6.42 Å². The normalized spacial score (nSPS) is 18.1. The zero-order valence-corrected chi connectivity index (χ0v) is 17.4. The van der Waals surface area contributed by atoms with Crippen molar-refractivity contribution in [2.75, 3.05) is 0 Å². The fraction of sp³-hybridized carbons (Fsp3) is 0.778. The number of aliphatic carboxylic acids is 1. The van der Waals surface area contributed by atoms with Crippen molar-refractivity contribution in [3.63, 3.8) is 0 Å². The quantitative estimate of drug-likeness (QED) is 0.280. The predicted octanol–water partition coefficient (Wildman–Crippen LogP) is -1.18. The molecule has 0 heterocycles.